The van der Waals surface area contributed by atoms with Crippen LogP contribution in [0.3, 0.4) is 0 Å². The van der Waals surface area contributed by atoms with Crippen molar-refractivity contribution in [2.24, 2.45) is 0 Å². The highest BCUT2D eigenvalue weighted by atomic mass is 35.5. The number of halogens is 1. The molecule has 0 unspecified atom stereocenters. The second kappa shape index (κ2) is 6.87. The molecule has 0 atom stereocenters. The predicted molar refractivity (Wildman–Crippen MR) is 86.8 cm³/mol. The molecule has 22 heavy (non-hydrogen) atoms. The SMILES string of the molecule is CC(=Cc1ccccc1)C(=O)Nc1ccc([N+](=O)[O-])cc1Cl. The highest BCUT2D eigenvalue weighted by Crippen LogP contribution is 2.27. The maximum atomic E-state index is 12.1. The van der Waals surface area contributed by atoms with Crippen LogP contribution in [0.2, 0.25) is 5.02 Å². The number of rotatable bonds is 4. The standard InChI is InChI=1S/C16H13ClN2O3/c1-11(9-12-5-3-2-4-6-12)16(20)18-15-8-7-13(19(21)22)10-14(15)17/h2-10H,1H3,(H,18,20). The smallest absolute Gasteiger partial charge is 0.271 e. The first-order chi connectivity index (χ1) is 10.5. The minimum atomic E-state index is -0.544. The molecule has 5 nitrogen and oxygen atoms in total. The molecule has 1 amide bonds. The number of nitro groups is 1. The summed E-state index contributed by atoms with van der Waals surface area (Å²) in [7, 11) is 0. The van der Waals surface area contributed by atoms with E-state index in [9.17, 15) is 14.9 Å². The zero-order chi connectivity index (χ0) is 16.1. The molecule has 6 heteroatoms. The fourth-order valence-corrected chi connectivity index (χ4v) is 2.03. The molecule has 0 bridgehead atoms. The second-order valence-electron chi connectivity index (χ2n) is 4.61. The van der Waals surface area contributed by atoms with Gasteiger partial charge in [-0.1, -0.05) is 41.9 Å². The molecule has 0 aliphatic rings. The first-order valence-electron chi connectivity index (χ1n) is 6.46. The monoisotopic (exact) mass is 316 g/mol. The number of hydrogen-bond acceptors (Lipinski definition) is 3. The highest BCUT2D eigenvalue weighted by Gasteiger charge is 2.12. The topological polar surface area (TPSA) is 72.2 Å². The lowest BCUT2D eigenvalue weighted by Gasteiger charge is -2.07. The lowest BCUT2D eigenvalue weighted by atomic mass is 10.1. The zero-order valence-electron chi connectivity index (χ0n) is 11.7. The van der Waals surface area contributed by atoms with Crippen molar-refractivity contribution < 1.29 is 9.72 Å². The summed E-state index contributed by atoms with van der Waals surface area (Å²) in [5.74, 6) is -0.320. The van der Waals surface area contributed by atoms with E-state index in [-0.39, 0.29) is 16.6 Å². The van der Waals surface area contributed by atoms with Crippen molar-refractivity contribution in [3.8, 4) is 0 Å². The molecule has 0 heterocycles. The Morgan fingerprint density at radius 3 is 2.50 bits per heavy atom. The van der Waals surface area contributed by atoms with Gasteiger partial charge in [0.15, 0.2) is 0 Å². The van der Waals surface area contributed by atoms with Crippen LogP contribution in [0.5, 0.6) is 0 Å². The fraction of sp³-hybridized carbons (Fsp3) is 0.0625. The largest absolute Gasteiger partial charge is 0.321 e. The average molecular weight is 317 g/mol. The molecular formula is C16H13ClN2O3. The van der Waals surface area contributed by atoms with E-state index >= 15 is 0 Å². The van der Waals surface area contributed by atoms with Crippen molar-refractivity contribution in [1.29, 1.82) is 0 Å². The number of nitrogens with one attached hydrogen (secondary N) is 1. The van der Waals surface area contributed by atoms with E-state index in [4.69, 9.17) is 11.6 Å². The van der Waals surface area contributed by atoms with Gasteiger partial charge in [-0.15, -0.1) is 0 Å². The summed E-state index contributed by atoms with van der Waals surface area (Å²) < 4.78 is 0. The molecule has 0 spiro atoms. The van der Waals surface area contributed by atoms with Gasteiger partial charge in [0.1, 0.15) is 0 Å². The maximum absolute atomic E-state index is 12.1. The number of nitrogens with zero attached hydrogens (tertiary/aromatic N) is 1. The Labute approximate surface area is 132 Å². The van der Waals surface area contributed by atoms with Crippen LogP contribution in [0, 0.1) is 10.1 Å². The summed E-state index contributed by atoms with van der Waals surface area (Å²) in [4.78, 5) is 22.2. The molecule has 2 rings (SSSR count). The maximum Gasteiger partial charge on any atom is 0.271 e. The molecule has 2 aromatic rings. The molecule has 0 saturated carbocycles. The molecule has 0 fully saturated rings. The highest BCUT2D eigenvalue weighted by molar-refractivity contribution is 6.34. The van der Waals surface area contributed by atoms with Gasteiger partial charge in [-0.05, 0) is 24.6 Å². The molecular weight excluding hydrogens is 304 g/mol. The van der Waals surface area contributed by atoms with Gasteiger partial charge in [0.05, 0.1) is 15.6 Å². The van der Waals surface area contributed by atoms with Crippen molar-refractivity contribution in [1.82, 2.24) is 0 Å². The van der Waals surface area contributed by atoms with Gasteiger partial charge >= 0.3 is 0 Å². The Hall–Kier alpha value is -2.66. The molecule has 112 valence electrons. The Kier molecular flexibility index (Phi) is 4.91. The zero-order valence-corrected chi connectivity index (χ0v) is 12.5. The van der Waals surface area contributed by atoms with Gasteiger partial charge in [0.25, 0.3) is 11.6 Å². The van der Waals surface area contributed by atoms with Crippen LogP contribution in [0.4, 0.5) is 11.4 Å². The number of anilines is 1. The van der Waals surface area contributed by atoms with Gasteiger partial charge in [-0.25, -0.2) is 0 Å². The number of carbonyl (C=O) groups is 1. The van der Waals surface area contributed by atoms with Crippen LogP contribution >= 0.6 is 11.6 Å². The Morgan fingerprint density at radius 2 is 1.91 bits per heavy atom. The number of carbonyl (C=O) groups excluding carboxylic acids is 1. The van der Waals surface area contributed by atoms with Gasteiger partial charge in [0.2, 0.25) is 0 Å². The van der Waals surface area contributed by atoms with Gasteiger partial charge in [0, 0.05) is 17.7 Å². The molecule has 1 N–H and O–H groups in total. The quantitative estimate of drug-likeness (QED) is 0.519. The number of amides is 1. The third-order valence-corrected chi connectivity index (χ3v) is 3.27. The van der Waals surface area contributed by atoms with Crippen molar-refractivity contribution in [3.05, 3.63) is 74.8 Å². The Bertz CT molecular complexity index is 742. The fourth-order valence-electron chi connectivity index (χ4n) is 1.80. The summed E-state index contributed by atoms with van der Waals surface area (Å²) in [5.41, 5.74) is 1.61. The van der Waals surface area contributed by atoms with E-state index in [1.165, 1.54) is 18.2 Å². The van der Waals surface area contributed by atoms with Crippen LogP contribution in [0.15, 0.2) is 54.1 Å². The minimum absolute atomic E-state index is 0.120. The summed E-state index contributed by atoms with van der Waals surface area (Å²) in [5, 5.41) is 13.4. The Balaban J connectivity index is 2.15. The summed E-state index contributed by atoms with van der Waals surface area (Å²) in [6.45, 7) is 1.68. The van der Waals surface area contributed by atoms with E-state index in [0.29, 0.717) is 11.3 Å². The normalized spacial score (nSPS) is 11.1. The molecule has 2 aromatic carbocycles. The van der Waals surface area contributed by atoms with E-state index in [1.807, 2.05) is 30.3 Å². The average Bonchev–Trinajstić information content (AvgIpc) is 2.50. The van der Waals surface area contributed by atoms with Gasteiger partial charge in [-0.3, -0.25) is 14.9 Å². The van der Waals surface area contributed by atoms with E-state index in [0.717, 1.165) is 5.56 Å². The molecule has 0 aliphatic carbocycles. The van der Waals surface area contributed by atoms with Crippen molar-refractivity contribution in [2.75, 3.05) is 5.32 Å². The lowest BCUT2D eigenvalue weighted by Crippen LogP contribution is -2.12. The number of non-ortho nitro benzene ring substituents is 1. The number of hydrogen-bond donors (Lipinski definition) is 1. The summed E-state index contributed by atoms with van der Waals surface area (Å²) >= 11 is 5.94. The van der Waals surface area contributed by atoms with Crippen LogP contribution in [0.1, 0.15) is 12.5 Å². The van der Waals surface area contributed by atoms with Crippen LogP contribution in [0.25, 0.3) is 6.08 Å². The first kappa shape index (κ1) is 15.7. The van der Waals surface area contributed by atoms with Crippen LogP contribution in [-0.4, -0.2) is 10.8 Å². The van der Waals surface area contributed by atoms with E-state index in [1.54, 1.807) is 13.0 Å². The van der Waals surface area contributed by atoms with Gasteiger partial charge in [-0.2, -0.15) is 0 Å². The van der Waals surface area contributed by atoms with E-state index < -0.39 is 4.92 Å². The third-order valence-electron chi connectivity index (χ3n) is 2.95. The summed E-state index contributed by atoms with van der Waals surface area (Å²) in [6, 6.07) is 13.3. The van der Waals surface area contributed by atoms with Gasteiger partial charge < -0.3 is 5.32 Å². The first-order valence-corrected chi connectivity index (χ1v) is 6.84. The molecule has 0 saturated heterocycles. The molecule has 0 radical (unpaired) electrons. The minimum Gasteiger partial charge on any atom is -0.321 e. The van der Waals surface area contributed by atoms with Crippen LogP contribution < -0.4 is 5.32 Å². The van der Waals surface area contributed by atoms with Crippen molar-refractivity contribution in [2.45, 2.75) is 6.92 Å². The summed E-state index contributed by atoms with van der Waals surface area (Å²) in [6.07, 6.45) is 1.74. The predicted octanol–water partition coefficient (Wildman–Crippen LogP) is 4.29. The third kappa shape index (κ3) is 3.93. The molecule has 0 aliphatic heterocycles. The molecule has 0 aromatic heterocycles. The van der Waals surface area contributed by atoms with E-state index in [2.05, 4.69) is 5.32 Å². The second-order valence-corrected chi connectivity index (χ2v) is 5.02. The number of nitro benzene ring substituents is 1. The van der Waals surface area contributed by atoms with Crippen molar-refractivity contribution >= 4 is 35.0 Å². The Morgan fingerprint density at radius 1 is 1.23 bits per heavy atom. The van der Waals surface area contributed by atoms with Crippen molar-refractivity contribution in [3.63, 3.8) is 0 Å². The van der Waals surface area contributed by atoms with Crippen LogP contribution in [-0.2, 0) is 4.79 Å². The lowest BCUT2D eigenvalue weighted by molar-refractivity contribution is -0.384. The number of benzene rings is 2.